The van der Waals surface area contributed by atoms with Crippen LogP contribution < -0.4 is 5.32 Å². The third-order valence-corrected chi connectivity index (χ3v) is 6.68. The number of pyridine rings is 1. The van der Waals surface area contributed by atoms with E-state index in [0.29, 0.717) is 12.6 Å². The molecule has 0 unspecified atom stereocenters. The number of hydrogen-bond donors (Lipinski definition) is 1. The second kappa shape index (κ2) is 7.03. The molecule has 1 N–H and O–H groups in total. The SMILES string of the molecule is CS(=O)(=O)N(Cc1cc(-c2ccc3ncnc(NC4CC4)c3c2)ccn1)C1CC1. The van der Waals surface area contributed by atoms with Gasteiger partial charge in [0.15, 0.2) is 0 Å². The summed E-state index contributed by atoms with van der Waals surface area (Å²) >= 11 is 0. The third-order valence-electron chi connectivity index (χ3n) is 5.40. The van der Waals surface area contributed by atoms with Crippen molar-refractivity contribution >= 4 is 26.7 Å². The minimum absolute atomic E-state index is 0.115. The molecule has 2 aliphatic carbocycles. The van der Waals surface area contributed by atoms with Crippen molar-refractivity contribution in [1.29, 1.82) is 0 Å². The van der Waals surface area contributed by atoms with Crippen molar-refractivity contribution in [3.63, 3.8) is 0 Å². The fourth-order valence-electron chi connectivity index (χ4n) is 3.56. The molecule has 2 aromatic heterocycles. The maximum absolute atomic E-state index is 12.1. The van der Waals surface area contributed by atoms with Crippen molar-refractivity contribution < 1.29 is 8.42 Å². The Labute approximate surface area is 170 Å². The second-order valence-corrected chi connectivity index (χ2v) is 9.88. The van der Waals surface area contributed by atoms with Crippen LogP contribution in [0.15, 0.2) is 42.9 Å². The lowest BCUT2D eigenvalue weighted by atomic mass is 10.0. The number of hydrogen-bond acceptors (Lipinski definition) is 6. The van der Waals surface area contributed by atoms with E-state index in [1.807, 2.05) is 24.3 Å². The van der Waals surface area contributed by atoms with Crippen LogP contribution in [-0.4, -0.2) is 46.0 Å². The van der Waals surface area contributed by atoms with Crippen molar-refractivity contribution in [2.24, 2.45) is 0 Å². The van der Waals surface area contributed by atoms with Gasteiger partial charge in [0.25, 0.3) is 0 Å². The fourth-order valence-corrected chi connectivity index (χ4v) is 4.67. The Balaban J connectivity index is 1.47. The summed E-state index contributed by atoms with van der Waals surface area (Å²) in [5.41, 5.74) is 3.69. The number of sulfonamides is 1. The van der Waals surface area contributed by atoms with E-state index >= 15 is 0 Å². The van der Waals surface area contributed by atoms with Gasteiger partial charge in [-0.2, -0.15) is 4.31 Å². The average Bonchev–Trinajstić information content (AvgIpc) is 3.60. The molecule has 29 heavy (non-hydrogen) atoms. The largest absolute Gasteiger partial charge is 0.367 e. The summed E-state index contributed by atoms with van der Waals surface area (Å²) in [4.78, 5) is 13.2. The van der Waals surface area contributed by atoms with E-state index in [2.05, 4.69) is 26.3 Å². The van der Waals surface area contributed by atoms with Crippen molar-refractivity contribution in [3.8, 4) is 11.1 Å². The van der Waals surface area contributed by atoms with Gasteiger partial charge in [0.1, 0.15) is 12.1 Å². The molecule has 5 rings (SSSR count). The van der Waals surface area contributed by atoms with E-state index in [1.165, 1.54) is 19.1 Å². The number of rotatable bonds is 7. The van der Waals surface area contributed by atoms with Crippen LogP contribution in [0.2, 0.25) is 0 Å². The molecule has 2 fully saturated rings. The Bertz CT molecular complexity index is 1170. The average molecular weight is 410 g/mol. The molecule has 7 nitrogen and oxygen atoms in total. The van der Waals surface area contributed by atoms with E-state index in [-0.39, 0.29) is 6.04 Å². The van der Waals surface area contributed by atoms with Crippen LogP contribution in [0.3, 0.4) is 0 Å². The maximum atomic E-state index is 12.1. The van der Waals surface area contributed by atoms with E-state index in [1.54, 1.807) is 16.8 Å². The molecule has 150 valence electrons. The van der Waals surface area contributed by atoms with Crippen molar-refractivity contribution in [2.45, 2.75) is 44.3 Å². The molecule has 0 radical (unpaired) electrons. The summed E-state index contributed by atoms with van der Waals surface area (Å²) < 4.78 is 25.8. The number of aromatic nitrogens is 3. The van der Waals surface area contributed by atoms with E-state index in [4.69, 9.17) is 0 Å². The maximum Gasteiger partial charge on any atom is 0.211 e. The Morgan fingerprint density at radius 2 is 1.83 bits per heavy atom. The van der Waals surface area contributed by atoms with Crippen molar-refractivity contribution in [2.75, 3.05) is 11.6 Å². The van der Waals surface area contributed by atoms with Crippen LogP contribution in [-0.2, 0) is 16.6 Å². The summed E-state index contributed by atoms with van der Waals surface area (Å²) in [5, 5.41) is 4.47. The van der Waals surface area contributed by atoms with E-state index in [9.17, 15) is 8.42 Å². The molecule has 0 atom stereocenters. The zero-order valence-corrected chi connectivity index (χ0v) is 17.1. The van der Waals surface area contributed by atoms with E-state index < -0.39 is 10.0 Å². The van der Waals surface area contributed by atoms with Crippen LogP contribution in [0.5, 0.6) is 0 Å². The van der Waals surface area contributed by atoms with Crippen LogP contribution in [0.4, 0.5) is 5.82 Å². The summed E-state index contributed by atoms with van der Waals surface area (Å²) in [7, 11) is -3.25. The highest BCUT2D eigenvalue weighted by molar-refractivity contribution is 7.88. The molecule has 0 aliphatic heterocycles. The van der Waals surface area contributed by atoms with Gasteiger partial charge >= 0.3 is 0 Å². The molecule has 2 aliphatic rings. The summed E-state index contributed by atoms with van der Waals surface area (Å²) in [6.07, 6.45) is 8.81. The monoisotopic (exact) mass is 409 g/mol. The van der Waals surface area contributed by atoms with Crippen LogP contribution in [0, 0.1) is 0 Å². The molecule has 0 saturated heterocycles. The highest BCUT2D eigenvalue weighted by atomic mass is 32.2. The van der Waals surface area contributed by atoms with Gasteiger partial charge in [-0.25, -0.2) is 18.4 Å². The van der Waals surface area contributed by atoms with E-state index in [0.717, 1.165) is 46.4 Å². The van der Waals surface area contributed by atoms with Gasteiger partial charge < -0.3 is 5.32 Å². The van der Waals surface area contributed by atoms with Gasteiger partial charge in [0.2, 0.25) is 10.0 Å². The first-order valence-electron chi connectivity index (χ1n) is 9.91. The summed E-state index contributed by atoms with van der Waals surface area (Å²) in [6, 6.07) is 10.7. The van der Waals surface area contributed by atoms with Crippen LogP contribution >= 0.6 is 0 Å². The number of anilines is 1. The fraction of sp³-hybridized carbons (Fsp3) is 0.381. The Morgan fingerprint density at radius 3 is 2.55 bits per heavy atom. The molecule has 3 aromatic rings. The zero-order chi connectivity index (χ0) is 20.0. The molecule has 0 spiro atoms. The summed E-state index contributed by atoms with van der Waals surface area (Å²) in [6.45, 7) is 0.308. The molecule has 2 heterocycles. The number of nitrogens with one attached hydrogen (secondary N) is 1. The molecule has 2 saturated carbocycles. The highest BCUT2D eigenvalue weighted by Gasteiger charge is 2.35. The molecule has 0 amide bonds. The van der Waals surface area contributed by atoms with Gasteiger partial charge in [0, 0.05) is 23.7 Å². The number of fused-ring (bicyclic) bond motifs is 1. The predicted octanol–water partition coefficient (Wildman–Crippen LogP) is 3.19. The van der Waals surface area contributed by atoms with Crippen molar-refractivity contribution in [3.05, 3.63) is 48.5 Å². The minimum Gasteiger partial charge on any atom is -0.367 e. The number of nitrogens with zero attached hydrogens (tertiary/aromatic N) is 4. The molecular formula is C21H23N5O2S. The minimum atomic E-state index is -3.25. The Morgan fingerprint density at radius 1 is 1.03 bits per heavy atom. The standard InChI is InChI=1S/C21H23N5O2S/c1-29(27,28)26(18-5-6-18)12-17-10-15(8-9-22-17)14-2-7-20-19(11-14)21(24-13-23-20)25-16-3-4-16/h2,7-11,13,16,18H,3-6,12H2,1H3,(H,23,24,25). The normalized spacial score (nSPS) is 17.0. The van der Waals surface area contributed by atoms with Gasteiger partial charge in [-0.15, -0.1) is 0 Å². The molecule has 8 heteroatoms. The third kappa shape index (κ3) is 4.09. The molecule has 0 bridgehead atoms. The lowest BCUT2D eigenvalue weighted by molar-refractivity contribution is 0.398. The first-order chi connectivity index (χ1) is 14.0. The predicted molar refractivity (Wildman–Crippen MR) is 113 cm³/mol. The van der Waals surface area contributed by atoms with Crippen molar-refractivity contribution in [1.82, 2.24) is 19.3 Å². The number of benzene rings is 1. The van der Waals surface area contributed by atoms with Gasteiger partial charge in [-0.1, -0.05) is 6.07 Å². The van der Waals surface area contributed by atoms with Gasteiger partial charge in [-0.3, -0.25) is 4.98 Å². The first-order valence-corrected chi connectivity index (χ1v) is 11.8. The summed E-state index contributed by atoms with van der Waals surface area (Å²) in [5.74, 6) is 0.866. The molecule has 1 aromatic carbocycles. The Kier molecular flexibility index (Phi) is 4.48. The van der Waals surface area contributed by atoms with Gasteiger partial charge in [-0.05, 0) is 61.1 Å². The molecular weight excluding hydrogens is 386 g/mol. The van der Waals surface area contributed by atoms with Gasteiger partial charge in [0.05, 0.1) is 24.0 Å². The lowest BCUT2D eigenvalue weighted by Gasteiger charge is -2.19. The first kappa shape index (κ1) is 18.4. The van der Waals surface area contributed by atoms with Crippen LogP contribution in [0.1, 0.15) is 31.4 Å². The smallest absolute Gasteiger partial charge is 0.211 e. The quantitative estimate of drug-likeness (QED) is 0.645. The van der Waals surface area contributed by atoms with Crippen LogP contribution in [0.25, 0.3) is 22.0 Å². The highest BCUT2D eigenvalue weighted by Crippen LogP contribution is 2.32. The second-order valence-electron chi connectivity index (χ2n) is 7.95. The Hall–Kier alpha value is -2.58. The lowest BCUT2D eigenvalue weighted by Crippen LogP contribution is -2.31. The zero-order valence-electron chi connectivity index (χ0n) is 16.2. The topological polar surface area (TPSA) is 88.1 Å².